The summed E-state index contributed by atoms with van der Waals surface area (Å²) in [5.41, 5.74) is 2.10. The first-order valence-electron chi connectivity index (χ1n) is 6.12. The maximum atomic E-state index is 9.34. The highest BCUT2D eigenvalue weighted by Crippen LogP contribution is 2.20. The van der Waals surface area contributed by atoms with Gasteiger partial charge >= 0.3 is 0 Å². The Morgan fingerprint density at radius 1 is 1.24 bits per heavy atom. The molecular weight excluding hydrogens is 214 g/mol. The first kappa shape index (κ1) is 12.1. The van der Waals surface area contributed by atoms with Gasteiger partial charge in [0.25, 0.3) is 0 Å². The fourth-order valence-electron chi connectivity index (χ4n) is 2.06. The van der Waals surface area contributed by atoms with Crippen molar-refractivity contribution in [2.45, 2.75) is 26.5 Å². The van der Waals surface area contributed by atoms with E-state index in [1.165, 1.54) is 5.39 Å². The van der Waals surface area contributed by atoms with Crippen LogP contribution in [0.4, 0.5) is 0 Å². The van der Waals surface area contributed by atoms with Crippen molar-refractivity contribution in [3.05, 3.63) is 36.0 Å². The standard InChI is InChI=1S/C14H19NO2/c1-2-9-17-10-8-15-7-6-12-4-3-5-13(11-16)14(12)15/h3-7,16H,2,8-11H2,1H3. The third-order valence-corrected chi connectivity index (χ3v) is 2.87. The summed E-state index contributed by atoms with van der Waals surface area (Å²) in [6.45, 7) is 4.55. The smallest absolute Gasteiger partial charge is 0.0702 e. The van der Waals surface area contributed by atoms with Crippen LogP contribution in [0.25, 0.3) is 10.9 Å². The lowest BCUT2D eigenvalue weighted by atomic mass is 10.1. The molecule has 0 aliphatic heterocycles. The zero-order valence-corrected chi connectivity index (χ0v) is 10.2. The third kappa shape index (κ3) is 2.68. The number of aromatic nitrogens is 1. The molecule has 0 amide bonds. The molecule has 1 aromatic heterocycles. The van der Waals surface area contributed by atoms with Gasteiger partial charge in [-0.05, 0) is 17.9 Å². The van der Waals surface area contributed by atoms with Crippen molar-refractivity contribution in [3.63, 3.8) is 0 Å². The molecule has 3 nitrogen and oxygen atoms in total. The van der Waals surface area contributed by atoms with Crippen molar-refractivity contribution in [2.24, 2.45) is 0 Å². The zero-order chi connectivity index (χ0) is 12.1. The average Bonchev–Trinajstić information content (AvgIpc) is 2.78. The molecule has 3 heteroatoms. The first-order valence-corrected chi connectivity index (χ1v) is 6.12. The minimum atomic E-state index is 0.0805. The van der Waals surface area contributed by atoms with Crippen LogP contribution in [-0.2, 0) is 17.9 Å². The molecule has 0 saturated carbocycles. The molecular formula is C14H19NO2. The van der Waals surface area contributed by atoms with Gasteiger partial charge in [-0.1, -0.05) is 25.1 Å². The van der Waals surface area contributed by atoms with E-state index in [0.717, 1.165) is 37.3 Å². The number of rotatable bonds is 6. The number of aliphatic hydroxyl groups excluding tert-OH is 1. The second-order valence-corrected chi connectivity index (χ2v) is 4.13. The minimum Gasteiger partial charge on any atom is -0.392 e. The summed E-state index contributed by atoms with van der Waals surface area (Å²) in [6, 6.07) is 8.09. The Balaban J connectivity index is 2.16. The van der Waals surface area contributed by atoms with E-state index in [0.29, 0.717) is 0 Å². The Bertz CT molecular complexity index is 476. The number of hydrogen-bond donors (Lipinski definition) is 1. The van der Waals surface area contributed by atoms with E-state index in [1.807, 2.05) is 12.1 Å². The molecule has 92 valence electrons. The molecule has 0 radical (unpaired) electrons. The summed E-state index contributed by atoms with van der Waals surface area (Å²) in [4.78, 5) is 0. The molecule has 0 aliphatic rings. The number of aliphatic hydroxyl groups is 1. The van der Waals surface area contributed by atoms with Gasteiger partial charge in [0.1, 0.15) is 0 Å². The van der Waals surface area contributed by atoms with Crippen molar-refractivity contribution >= 4 is 10.9 Å². The zero-order valence-electron chi connectivity index (χ0n) is 10.2. The van der Waals surface area contributed by atoms with Crippen molar-refractivity contribution in [1.29, 1.82) is 0 Å². The quantitative estimate of drug-likeness (QED) is 0.778. The Kier molecular flexibility index (Phi) is 4.18. The van der Waals surface area contributed by atoms with Gasteiger partial charge in [-0.15, -0.1) is 0 Å². The second-order valence-electron chi connectivity index (χ2n) is 4.13. The summed E-state index contributed by atoms with van der Waals surface area (Å²) in [7, 11) is 0. The van der Waals surface area contributed by atoms with E-state index < -0.39 is 0 Å². The van der Waals surface area contributed by atoms with E-state index in [1.54, 1.807) is 0 Å². The molecule has 2 aromatic rings. The number of hydrogen-bond acceptors (Lipinski definition) is 2. The first-order chi connectivity index (χ1) is 8.36. The summed E-state index contributed by atoms with van der Waals surface area (Å²) in [5.74, 6) is 0. The fraction of sp³-hybridized carbons (Fsp3) is 0.429. The van der Waals surface area contributed by atoms with Gasteiger partial charge in [-0.25, -0.2) is 0 Å². The number of nitrogens with zero attached hydrogens (tertiary/aromatic N) is 1. The maximum Gasteiger partial charge on any atom is 0.0702 e. The summed E-state index contributed by atoms with van der Waals surface area (Å²) in [5, 5.41) is 10.5. The molecule has 1 heterocycles. The summed E-state index contributed by atoms with van der Waals surface area (Å²) in [6.07, 6.45) is 3.10. The molecule has 1 N–H and O–H groups in total. The molecule has 0 atom stereocenters. The topological polar surface area (TPSA) is 34.4 Å². The number of ether oxygens (including phenoxy) is 1. The lowest BCUT2D eigenvalue weighted by molar-refractivity contribution is 0.127. The van der Waals surface area contributed by atoms with Gasteiger partial charge in [-0.3, -0.25) is 0 Å². The van der Waals surface area contributed by atoms with Gasteiger partial charge in [0, 0.05) is 24.9 Å². The summed E-state index contributed by atoms with van der Waals surface area (Å²) < 4.78 is 7.64. The van der Waals surface area contributed by atoms with Crippen molar-refractivity contribution < 1.29 is 9.84 Å². The van der Waals surface area contributed by atoms with Crippen LogP contribution in [0.1, 0.15) is 18.9 Å². The van der Waals surface area contributed by atoms with Crippen LogP contribution >= 0.6 is 0 Å². The molecule has 2 rings (SSSR count). The predicted octanol–water partition coefficient (Wildman–Crippen LogP) is 2.56. The van der Waals surface area contributed by atoms with Crippen molar-refractivity contribution in [3.8, 4) is 0 Å². The number of para-hydroxylation sites is 1. The second kappa shape index (κ2) is 5.84. The summed E-state index contributed by atoms with van der Waals surface area (Å²) >= 11 is 0. The highest BCUT2D eigenvalue weighted by molar-refractivity contribution is 5.83. The van der Waals surface area contributed by atoms with Crippen molar-refractivity contribution in [2.75, 3.05) is 13.2 Å². The van der Waals surface area contributed by atoms with Crippen LogP contribution in [0, 0.1) is 0 Å². The molecule has 0 spiro atoms. The fourth-order valence-corrected chi connectivity index (χ4v) is 2.06. The molecule has 0 aliphatic carbocycles. The Morgan fingerprint density at radius 2 is 2.12 bits per heavy atom. The lowest BCUT2D eigenvalue weighted by Crippen LogP contribution is -2.06. The molecule has 1 aromatic carbocycles. The Hall–Kier alpha value is -1.32. The largest absolute Gasteiger partial charge is 0.392 e. The van der Waals surface area contributed by atoms with E-state index in [4.69, 9.17) is 4.74 Å². The Morgan fingerprint density at radius 3 is 2.88 bits per heavy atom. The minimum absolute atomic E-state index is 0.0805. The van der Waals surface area contributed by atoms with Crippen LogP contribution in [0.2, 0.25) is 0 Å². The van der Waals surface area contributed by atoms with Crippen LogP contribution in [0.3, 0.4) is 0 Å². The van der Waals surface area contributed by atoms with Crippen LogP contribution < -0.4 is 0 Å². The average molecular weight is 233 g/mol. The van der Waals surface area contributed by atoms with Gasteiger partial charge in [0.05, 0.1) is 18.7 Å². The number of fused-ring (bicyclic) bond motifs is 1. The highest BCUT2D eigenvalue weighted by atomic mass is 16.5. The van der Waals surface area contributed by atoms with Crippen molar-refractivity contribution in [1.82, 2.24) is 4.57 Å². The van der Waals surface area contributed by atoms with Gasteiger partial charge in [0.15, 0.2) is 0 Å². The van der Waals surface area contributed by atoms with Crippen LogP contribution in [-0.4, -0.2) is 22.9 Å². The lowest BCUT2D eigenvalue weighted by Gasteiger charge is -2.08. The van der Waals surface area contributed by atoms with E-state index in [-0.39, 0.29) is 6.61 Å². The normalized spacial score (nSPS) is 11.2. The predicted molar refractivity (Wildman–Crippen MR) is 69.0 cm³/mol. The molecule has 17 heavy (non-hydrogen) atoms. The SMILES string of the molecule is CCCOCCn1ccc2cccc(CO)c21. The van der Waals surface area contributed by atoms with E-state index >= 15 is 0 Å². The van der Waals surface area contributed by atoms with Gasteiger partial charge < -0.3 is 14.4 Å². The Labute approximate surface area is 102 Å². The third-order valence-electron chi connectivity index (χ3n) is 2.87. The monoisotopic (exact) mass is 233 g/mol. The molecule has 0 fully saturated rings. The van der Waals surface area contributed by atoms with E-state index in [9.17, 15) is 5.11 Å². The molecule has 0 bridgehead atoms. The van der Waals surface area contributed by atoms with E-state index in [2.05, 4.69) is 29.8 Å². The molecule has 0 saturated heterocycles. The number of benzene rings is 1. The van der Waals surface area contributed by atoms with Crippen LogP contribution in [0.5, 0.6) is 0 Å². The van der Waals surface area contributed by atoms with Gasteiger partial charge in [-0.2, -0.15) is 0 Å². The van der Waals surface area contributed by atoms with Gasteiger partial charge in [0.2, 0.25) is 0 Å². The highest BCUT2D eigenvalue weighted by Gasteiger charge is 2.05. The molecule has 0 unspecified atom stereocenters. The van der Waals surface area contributed by atoms with Crippen LogP contribution in [0.15, 0.2) is 30.5 Å². The maximum absolute atomic E-state index is 9.34.